The van der Waals surface area contributed by atoms with Gasteiger partial charge in [0.15, 0.2) is 0 Å². The second kappa shape index (κ2) is 4.46. The molecule has 1 aliphatic rings. The third kappa shape index (κ3) is 2.59. The largest absolute Gasteiger partial charge is 0.326 e. The summed E-state index contributed by atoms with van der Waals surface area (Å²) >= 11 is 0. The summed E-state index contributed by atoms with van der Waals surface area (Å²) < 4.78 is 0. The second-order valence-electron chi connectivity index (χ2n) is 3.81. The quantitative estimate of drug-likeness (QED) is 0.679. The summed E-state index contributed by atoms with van der Waals surface area (Å²) in [6, 6.07) is 0.169. The minimum Gasteiger partial charge on any atom is -0.326 e. The van der Waals surface area contributed by atoms with E-state index in [9.17, 15) is 4.79 Å². The molecule has 0 aliphatic carbocycles. The molecule has 2 amide bonds. The molecule has 1 rings (SSSR count). The van der Waals surface area contributed by atoms with Crippen LogP contribution in [0.4, 0.5) is 4.79 Å². The third-order valence-corrected chi connectivity index (χ3v) is 2.39. The first kappa shape index (κ1) is 10.3. The fourth-order valence-corrected chi connectivity index (χ4v) is 1.66. The van der Waals surface area contributed by atoms with E-state index < -0.39 is 0 Å². The molecule has 1 unspecified atom stereocenters. The predicted molar refractivity (Wildman–Crippen MR) is 52.7 cm³/mol. The molecule has 0 radical (unpaired) electrons. The van der Waals surface area contributed by atoms with Crippen LogP contribution >= 0.6 is 0 Å². The predicted octanol–water partition coefficient (Wildman–Crippen LogP) is 0.209. The van der Waals surface area contributed by atoms with Gasteiger partial charge in [0.1, 0.15) is 0 Å². The molecule has 1 N–H and O–H groups in total. The standard InChI is InChI=1S/C9H19N3O/c1-8(6-10-2)7-12-5-4-11(3)9(12)13/h8,10H,4-7H2,1-3H3. The number of nitrogens with zero attached hydrogens (tertiary/aromatic N) is 2. The van der Waals surface area contributed by atoms with Crippen molar-refractivity contribution in [2.45, 2.75) is 6.92 Å². The summed E-state index contributed by atoms with van der Waals surface area (Å²) in [6.45, 7) is 5.73. The molecule has 1 aliphatic heterocycles. The van der Waals surface area contributed by atoms with Crippen molar-refractivity contribution >= 4 is 6.03 Å². The highest BCUT2D eigenvalue weighted by Crippen LogP contribution is 2.08. The third-order valence-electron chi connectivity index (χ3n) is 2.39. The number of hydrogen-bond donors (Lipinski definition) is 1. The zero-order chi connectivity index (χ0) is 9.84. The molecule has 1 heterocycles. The Morgan fingerprint density at radius 3 is 2.69 bits per heavy atom. The topological polar surface area (TPSA) is 35.6 Å². The number of urea groups is 1. The molecule has 1 saturated heterocycles. The molecule has 0 spiro atoms. The van der Waals surface area contributed by atoms with Gasteiger partial charge in [-0.2, -0.15) is 0 Å². The molecule has 4 nitrogen and oxygen atoms in total. The first-order valence-electron chi connectivity index (χ1n) is 4.79. The van der Waals surface area contributed by atoms with Crippen LogP contribution < -0.4 is 5.32 Å². The lowest BCUT2D eigenvalue weighted by Gasteiger charge is -2.20. The SMILES string of the molecule is CNCC(C)CN1CCN(C)C1=O. The Hall–Kier alpha value is -0.770. The van der Waals surface area contributed by atoms with Crippen LogP contribution in [0.5, 0.6) is 0 Å². The minimum absolute atomic E-state index is 0.169. The van der Waals surface area contributed by atoms with E-state index in [4.69, 9.17) is 0 Å². The van der Waals surface area contributed by atoms with Crippen LogP contribution in [0.25, 0.3) is 0 Å². The van der Waals surface area contributed by atoms with Crippen LogP contribution in [0, 0.1) is 5.92 Å². The average Bonchev–Trinajstić information content (AvgIpc) is 2.37. The maximum Gasteiger partial charge on any atom is 0.319 e. The summed E-state index contributed by atoms with van der Waals surface area (Å²) in [5.41, 5.74) is 0. The smallest absolute Gasteiger partial charge is 0.319 e. The Morgan fingerprint density at radius 2 is 2.23 bits per heavy atom. The van der Waals surface area contributed by atoms with E-state index in [1.807, 2.05) is 19.0 Å². The molecule has 0 aromatic heterocycles. The van der Waals surface area contributed by atoms with Crippen LogP contribution in [0.2, 0.25) is 0 Å². The fourth-order valence-electron chi connectivity index (χ4n) is 1.66. The van der Waals surface area contributed by atoms with E-state index in [1.54, 1.807) is 4.90 Å². The van der Waals surface area contributed by atoms with Gasteiger partial charge in [-0.05, 0) is 19.5 Å². The highest BCUT2D eigenvalue weighted by atomic mass is 16.2. The van der Waals surface area contributed by atoms with Crippen molar-refractivity contribution in [1.82, 2.24) is 15.1 Å². The molecule has 13 heavy (non-hydrogen) atoms. The number of carbonyl (C=O) groups is 1. The van der Waals surface area contributed by atoms with Gasteiger partial charge in [0, 0.05) is 26.7 Å². The van der Waals surface area contributed by atoms with E-state index >= 15 is 0 Å². The van der Waals surface area contributed by atoms with Crippen LogP contribution in [0.15, 0.2) is 0 Å². The zero-order valence-electron chi connectivity index (χ0n) is 8.71. The van der Waals surface area contributed by atoms with Crippen LogP contribution in [0.3, 0.4) is 0 Å². The number of hydrogen-bond acceptors (Lipinski definition) is 2. The molecule has 4 heteroatoms. The summed E-state index contributed by atoms with van der Waals surface area (Å²) in [4.78, 5) is 15.2. The average molecular weight is 185 g/mol. The number of rotatable bonds is 4. The van der Waals surface area contributed by atoms with Crippen molar-refractivity contribution in [2.24, 2.45) is 5.92 Å². The first-order chi connectivity index (χ1) is 6.15. The van der Waals surface area contributed by atoms with Gasteiger partial charge in [-0.25, -0.2) is 4.79 Å². The van der Waals surface area contributed by atoms with E-state index in [0.29, 0.717) is 5.92 Å². The van der Waals surface area contributed by atoms with Gasteiger partial charge < -0.3 is 15.1 Å². The number of likely N-dealkylation sites (N-methyl/N-ethyl adjacent to an activating group) is 1. The molecular formula is C9H19N3O. The van der Waals surface area contributed by atoms with E-state index in [1.165, 1.54) is 0 Å². The summed E-state index contributed by atoms with van der Waals surface area (Å²) in [5, 5.41) is 3.12. The van der Waals surface area contributed by atoms with E-state index in [0.717, 1.165) is 26.2 Å². The van der Waals surface area contributed by atoms with Crippen molar-refractivity contribution in [3.8, 4) is 0 Å². The van der Waals surface area contributed by atoms with Crippen molar-refractivity contribution in [3.63, 3.8) is 0 Å². The van der Waals surface area contributed by atoms with Crippen LogP contribution in [0.1, 0.15) is 6.92 Å². The Kier molecular flexibility index (Phi) is 3.54. The minimum atomic E-state index is 0.169. The van der Waals surface area contributed by atoms with Gasteiger partial charge in [-0.15, -0.1) is 0 Å². The lowest BCUT2D eigenvalue weighted by Crippen LogP contribution is -2.35. The lowest BCUT2D eigenvalue weighted by atomic mass is 10.2. The van der Waals surface area contributed by atoms with Gasteiger partial charge in [-0.3, -0.25) is 0 Å². The molecule has 0 saturated carbocycles. The maximum absolute atomic E-state index is 11.5. The molecule has 0 bridgehead atoms. The van der Waals surface area contributed by atoms with Gasteiger partial charge >= 0.3 is 6.03 Å². The zero-order valence-corrected chi connectivity index (χ0v) is 8.71. The second-order valence-corrected chi connectivity index (χ2v) is 3.81. The molecular weight excluding hydrogens is 166 g/mol. The monoisotopic (exact) mass is 185 g/mol. The summed E-state index contributed by atoms with van der Waals surface area (Å²) in [6.07, 6.45) is 0. The lowest BCUT2D eigenvalue weighted by molar-refractivity contribution is 0.192. The van der Waals surface area contributed by atoms with E-state index in [-0.39, 0.29) is 6.03 Å². The molecule has 76 valence electrons. The molecule has 0 aromatic rings. The Labute approximate surface area is 79.9 Å². The van der Waals surface area contributed by atoms with Crippen LogP contribution in [-0.2, 0) is 0 Å². The van der Waals surface area contributed by atoms with E-state index in [2.05, 4.69) is 12.2 Å². The Bertz CT molecular complexity index is 184. The highest BCUT2D eigenvalue weighted by Gasteiger charge is 2.25. The first-order valence-corrected chi connectivity index (χ1v) is 4.79. The fraction of sp³-hybridized carbons (Fsp3) is 0.889. The molecule has 1 atom stereocenters. The highest BCUT2D eigenvalue weighted by molar-refractivity contribution is 5.76. The molecule has 0 aromatic carbocycles. The Morgan fingerprint density at radius 1 is 1.54 bits per heavy atom. The van der Waals surface area contributed by atoms with Crippen molar-refractivity contribution in [2.75, 3.05) is 40.3 Å². The van der Waals surface area contributed by atoms with Gasteiger partial charge in [0.05, 0.1) is 0 Å². The van der Waals surface area contributed by atoms with Crippen molar-refractivity contribution in [1.29, 1.82) is 0 Å². The van der Waals surface area contributed by atoms with Gasteiger partial charge in [-0.1, -0.05) is 6.92 Å². The number of carbonyl (C=O) groups excluding carboxylic acids is 1. The number of nitrogens with one attached hydrogen (secondary N) is 1. The summed E-state index contributed by atoms with van der Waals surface area (Å²) in [5.74, 6) is 0.528. The van der Waals surface area contributed by atoms with Gasteiger partial charge in [0.2, 0.25) is 0 Å². The van der Waals surface area contributed by atoms with Crippen molar-refractivity contribution in [3.05, 3.63) is 0 Å². The molecule has 1 fully saturated rings. The normalized spacial score (nSPS) is 19.8. The summed E-state index contributed by atoms with van der Waals surface area (Å²) in [7, 11) is 3.79. The van der Waals surface area contributed by atoms with Crippen molar-refractivity contribution < 1.29 is 4.79 Å². The van der Waals surface area contributed by atoms with Gasteiger partial charge in [0.25, 0.3) is 0 Å². The number of amides is 2. The Balaban J connectivity index is 2.33. The van der Waals surface area contributed by atoms with Crippen LogP contribution in [-0.4, -0.2) is 56.1 Å². The maximum atomic E-state index is 11.5.